The number of carbonyl (C=O) groups excluding carboxylic acids is 1. The van der Waals surface area contributed by atoms with Crippen molar-refractivity contribution in [2.75, 3.05) is 14.2 Å². The molecule has 0 spiro atoms. The van der Waals surface area contributed by atoms with Gasteiger partial charge in [-0.15, -0.1) is 0 Å². The SMILES string of the molecule is COc1ccc(C(O)(CC(=O)N(C)O)c2ccccc2)c(O)c1. The Morgan fingerprint density at radius 2 is 1.87 bits per heavy atom. The number of benzene rings is 2. The van der Waals surface area contributed by atoms with Crippen LogP contribution in [0.3, 0.4) is 0 Å². The smallest absolute Gasteiger partial charge is 0.249 e. The van der Waals surface area contributed by atoms with Crippen molar-refractivity contribution in [1.29, 1.82) is 0 Å². The number of rotatable bonds is 5. The zero-order chi connectivity index (χ0) is 17.0. The summed E-state index contributed by atoms with van der Waals surface area (Å²) in [7, 11) is 2.64. The molecule has 2 aromatic carbocycles. The highest BCUT2D eigenvalue weighted by molar-refractivity contribution is 5.77. The fourth-order valence-corrected chi connectivity index (χ4v) is 2.39. The molecule has 2 aromatic rings. The van der Waals surface area contributed by atoms with Gasteiger partial charge in [-0.1, -0.05) is 30.3 Å². The number of phenols is 1. The summed E-state index contributed by atoms with van der Waals surface area (Å²) in [6.07, 6.45) is -0.427. The van der Waals surface area contributed by atoms with E-state index in [9.17, 15) is 20.2 Å². The Morgan fingerprint density at radius 1 is 1.22 bits per heavy atom. The molecular formula is C17H19NO5. The van der Waals surface area contributed by atoms with E-state index >= 15 is 0 Å². The van der Waals surface area contributed by atoms with Gasteiger partial charge in [0, 0.05) is 18.7 Å². The molecule has 0 aliphatic carbocycles. The maximum absolute atomic E-state index is 11.9. The number of amides is 1. The van der Waals surface area contributed by atoms with Crippen LogP contribution in [-0.4, -0.2) is 40.5 Å². The minimum atomic E-state index is -1.79. The topological polar surface area (TPSA) is 90.2 Å². The maximum atomic E-state index is 11.9. The van der Waals surface area contributed by atoms with E-state index in [0.29, 0.717) is 16.4 Å². The van der Waals surface area contributed by atoms with Crippen LogP contribution in [0.5, 0.6) is 11.5 Å². The molecule has 122 valence electrons. The maximum Gasteiger partial charge on any atom is 0.249 e. The van der Waals surface area contributed by atoms with Crippen LogP contribution in [0.15, 0.2) is 48.5 Å². The molecule has 0 aliphatic rings. The number of ether oxygens (including phenoxy) is 1. The van der Waals surface area contributed by atoms with Crippen molar-refractivity contribution in [1.82, 2.24) is 5.06 Å². The molecule has 6 heteroatoms. The highest BCUT2D eigenvalue weighted by Gasteiger charge is 2.37. The number of nitrogens with zero attached hydrogens (tertiary/aromatic N) is 1. The summed E-state index contributed by atoms with van der Waals surface area (Å²) >= 11 is 0. The van der Waals surface area contributed by atoms with Gasteiger partial charge in [-0.25, -0.2) is 5.06 Å². The molecule has 0 aromatic heterocycles. The first-order chi connectivity index (χ1) is 10.9. The predicted octanol–water partition coefficient (Wildman–Crippen LogP) is 1.87. The standard InChI is InChI=1S/C17H19NO5/c1-18(22)16(20)11-17(21,12-6-4-3-5-7-12)14-9-8-13(23-2)10-15(14)19/h3-10,19,21-22H,11H2,1-2H3. The largest absolute Gasteiger partial charge is 0.507 e. The van der Waals surface area contributed by atoms with Gasteiger partial charge < -0.3 is 14.9 Å². The first-order valence-corrected chi connectivity index (χ1v) is 6.99. The molecule has 0 fully saturated rings. The van der Waals surface area contributed by atoms with Gasteiger partial charge in [0.25, 0.3) is 0 Å². The van der Waals surface area contributed by atoms with Gasteiger partial charge in [-0.3, -0.25) is 10.0 Å². The van der Waals surface area contributed by atoms with E-state index in [1.807, 2.05) is 0 Å². The number of phenolic OH excluding ortho intramolecular Hbond substituents is 1. The van der Waals surface area contributed by atoms with Crippen LogP contribution < -0.4 is 4.74 Å². The highest BCUT2D eigenvalue weighted by Crippen LogP contribution is 2.39. The van der Waals surface area contributed by atoms with Crippen LogP contribution in [0.25, 0.3) is 0 Å². The summed E-state index contributed by atoms with van der Waals surface area (Å²) in [6.45, 7) is 0. The Kier molecular flexibility index (Phi) is 4.88. The minimum absolute atomic E-state index is 0.153. The van der Waals surface area contributed by atoms with Crippen molar-refractivity contribution in [3.05, 3.63) is 59.7 Å². The molecule has 2 rings (SSSR count). The number of aromatic hydroxyl groups is 1. The number of hydrogen-bond acceptors (Lipinski definition) is 5. The second-order valence-corrected chi connectivity index (χ2v) is 5.20. The van der Waals surface area contributed by atoms with E-state index in [-0.39, 0.29) is 11.3 Å². The molecule has 1 unspecified atom stereocenters. The molecule has 0 radical (unpaired) electrons. The molecule has 3 N–H and O–H groups in total. The molecule has 6 nitrogen and oxygen atoms in total. The fourth-order valence-electron chi connectivity index (χ4n) is 2.39. The van der Waals surface area contributed by atoms with Gasteiger partial charge in [0.1, 0.15) is 17.1 Å². The van der Waals surface area contributed by atoms with E-state index in [4.69, 9.17) is 4.74 Å². The normalized spacial score (nSPS) is 13.2. The molecule has 0 heterocycles. The molecule has 0 aliphatic heterocycles. The van der Waals surface area contributed by atoms with Crippen LogP contribution in [0.2, 0.25) is 0 Å². The molecule has 1 amide bonds. The number of aliphatic hydroxyl groups is 1. The first kappa shape index (κ1) is 16.8. The summed E-state index contributed by atoms with van der Waals surface area (Å²) in [5.41, 5.74) is -1.21. The van der Waals surface area contributed by atoms with Crippen molar-refractivity contribution in [2.45, 2.75) is 12.0 Å². The van der Waals surface area contributed by atoms with Gasteiger partial charge in [0.15, 0.2) is 0 Å². The van der Waals surface area contributed by atoms with Gasteiger partial charge in [0.2, 0.25) is 5.91 Å². The Morgan fingerprint density at radius 3 is 2.39 bits per heavy atom. The van der Waals surface area contributed by atoms with Gasteiger partial charge >= 0.3 is 0 Å². The van der Waals surface area contributed by atoms with E-state index in [1.54, 1.807) is 36.4 Å². The lowest BCUT2D eigenvalue weighted by Gasteiger charge is -2.30. The van der Waals surface area contributed by atoms with E-state index < -0.39 is 17.9 Å². The van der Waals surface area contributed by atoms with Crippen molar-refractivity contribution in [3.63, 3.8) is 0 Å². The lowest BCUT2D eigenvalue weighted by atomic mass is 9.82. The van der Waals surface area contributed by atoms with E-state index in [1.165, 1.54) is 26.3 Å². The average Bonchev–Trinajstić information content (AvgIpc) is 2.55. The lowest BCUT2D eigenvalue weighted by Crippen LogP contribution is -2.35. The highest BCUT2D eigenvalue weighted by atomic mass is 16.5. The Balaban J connectivity index is 2.56. The Labute approximate surface area is 134 Å². The van der Waals surface area contributed by atoms with Crippen molar-refractivity contribution < 1.29 is 25.0 Å². The van der Waals surface area contributed by atoms with Crippen molar-refractivity contribution in [3.8, 4) is 11.5 Å². The summed E-state index contributed by atoms with van der Waals surface area (Å²) in [5.74, 6) is -0.470. The first-order valence-electron chi connectivity index (χ1n) is 6.99. The quantitative estimate of drug-likeness (QED) is 0.578. The number of hydroxylamine groups is 2. The molecule has 0 bridgehead atoms. The van der Waals surface area contributed by atoms with E-state index in [0.717, 1.165) is 0 Å². The monoisotopic (exact) mass is 317 g/mol. The fraction of sp³-hybridized carbons (Fsp3) is 0.235. The van der Waals surface area contributed by atoms with Gasteiger partial charge in [-0.05, 0) is 17.7 Å². The minimum Gasteiger partial charge on any atom is -0.507 e. The second-order valence-electron chi connectivity index (χ2n) is 5.20. The Bertz CT molecular complexity index is 687. The summed E-state index contributed by atoms with van der Waals surface area (Å²) in [4.78, 5) is 11.9. The van der Waals surface area contributed by atoms with Gasteiger partial charge in [-0.2, -0.15) is 0 Å². The van der Waals surface area contributed by atoms with Crippen LogP contribution in [-0.2, 0) is 10.4 Å². The van der Waals surface area contributed by atoms with Crippen LogP contribution in [0, 0.1) is 0 Å². The number of methoxy groups -OCH3 is 1. The third-order valence-corrected chi connectivity index (χ3v) is 3.67. The number of carbonyl (C=O) groups is 1. The molecule has 0 saturated carbocycles. The number of hydrogen-bond donors (Lipinski definition) is 3. The van der Waals surface area contributed by atoms with Gasteiger partial charge in [0.05, 0.1) is 13.5 Å². The lowest BCUT2D eigenvalue weighted by molar-refractivity contribution is -0.163. The van der Waals surface area contributed by atoms with Crippen LogP contribution in [0.1, 0.15) is 17.5 Å². The predicted molar refractivity (Wildman–Crippen MR) is 83.3 cm³/mol. The Hall–Kier alpha value is -2.57. The van der Waals surface area contributed by atoms with Crippen molar-refractivity contribution in [2.24, 2.45) is 0 Å². The second kappa shape index (κ2) is 6.68. The molecule has 1 atom stereocenters. The molecular weight excluding hydrogens is 298 g/mol. The van der Waals surface area contributed by atoms with Crippen LogP contribution in [0.4, 0.5) is 0 Å². The van der Waals surface area contributed by atoms with Crippen molar-refractivity contribution >= 4 is 5.91 Å². The summed E-state index contributed by atoms with van der Waals surface area (Å²) in [6, 6.07) is 12.9. The zero-order valence-corrected chi connectivity index (χ0v) is 12.9. The average molecular weight is 317 g/mol. The third-order valence-electron chi connectivity index (χ3n) is 3.67. The molecule has 0 saturated heterocycles. The summed E-state index contributed by atoms with van der Waals surface area (Å²) < 4.78 is 5.03. The summed E-state index contributed by atoms with van der Waals surface area (Å²) in [5, 5.41) is 31.1. The zero-order valence-electron chi connectivity index (χ0n) is 12.9. The van der Waals surface area contributed by atoms with E-state index in [2.05, 4.69) is 0 Å². The molecule has 23 heavy (non-hydrogen) atoms. The third kappa shape index (κ3) is 3.44. The van der Waals surface area contributed by atoms with Crippen LogP contribution >= 0.6 is 0 Å².